The topological polar surface area (TPSA) is 62.2 Å². The summed E-state index contributed by atoms with van der Waals surface area (Å²) in [6.45, 7) is 12.2. The van der Waals surface area contributed by atoms with Gasteiger partial charge in [0, 0.05) is 40.6 Å². The number of rotatable bonds is 6. The van der Waals surface area contributed by atoms with Crippen LogP contribution in [0.4, 0.5) is 11.4 Å². The number of carbonyl (C=O) groups is 1. The Balaban J connectivity index is 1.62. The highest BCUT2D eigenvalue weighted by atomic mass is 32.1. The predicted octanol–water partition coefficient (Wildman–Crippen LogP) is 6.88. The summed E-state index contributed by atoms with van der Waals surface area (Å²) in [5, 5.41) is 7.26. The molecule has 6 nitrogen and oxygen atoms in total. The summed E-state index contributed by atoms with van der Waals surface area (Å²) in [6.07, 6.45) is 1.83. The second kappa shape index (κ2) is 10.7. The van der Waals surface area contributed by atoms with E-state index in [4.69, 9.17) is 17.2 Å². The molecule has 2 aromatic heterocycles. The van der Waals surface area contributed by atoms with Gasteiger partial charge in [0.2, 0.25) is 5.91 Å². The first-order chi connectivity index (χ1) is 18.7. The molecule has 0 saturated carbocycles. The van der Waals surface area contributed by atoms with Crippen LogP contribution < -0.4 is 15.5 Å². The van der Waals surface area contributed by atoms with Crippen molar-refractivity contribution in [1.29, 1.82) is 0 Å². The molecule has 0 unspecified atom stereocenters. The molecule has 1 aliphatic rings. The highest BCUT2D eigenvalue weighted by Crippen LogP contribution is 2.44. The minimum absolute atomic E-state index is 0.000825. The molecule has 2 atom stereocenters. The van der Waals surface area contributed by atoms with Gasteiger partial charge < -0.3 is 20.1 Å². The zero-order chi connectivity index (χ0) is 27.8. The van der Waals surface area contributed by atoms with Crippen molar-refractivity contribution in [3.63, 3.8) is 0 Å². The maximum atomic E-state index is 12.3. The molecule has 5 rings (SSSR count). The van der Waals surface area contributed by atoms with Crippen LogP contribution in [-0.4, -0.2) is 20.6 Å². The number of nitrogens with zero attached hydrogens (tertiary/aromatic N) is 3. The average Bonchev–Trinajstić information content (AvgIpc) is 3.40. The van der Waals surface area contributed by atoms with E-state index in [-0.39, 0.29) is 23.9 Å². The maximum Gasteiger partial charge on any atom is 0.226 e. The summed E-state index contributed by atoms with van der Waals surface area (Å²) >= 11 is 5.96. The second-order valence-electron chi connectivity index (χ2n) is 10.6. The van der Waals surface area contributed by atoms with E-state index in [1.807, 2.05) is 57.3 Å². The molecule has 2 aromatic carbocycles. The van der Waals surface area contributed by atoms with Crippen LogP contribution in [0.25, 0.3) is 5.69 Å². The highest BCUT2D eigenvalue weighted by Gasteiger charge is 2.42. The van der Waals surface area contributed by atoms with Crippen molar-refractivity contribution in [2.24, 2.45) is 5.92 Å². The van der Waals surface area contributed by atoms with Gasteiger partial charge in [0.05, 0.1) is 17.8 Å². The average molecular weight is 538 g/mol. The fourth-order valence-corrected chi connectivity index (χ4v) is 5.76. The molecular formula is C32H35N5OS. The number of aryl methyl sites for hydroxylation is 3. The summed E-state index contributed by atoms with van der Waals surface area (Å²) < 4.78 is 2.31. The summed E-state index contributed by atoms with van der Waals surface area (Å²) in [6, 6.07) is 22.7. The number of thiocarbonyl (C=S) groups is 1. The molecule has 0 aliphatic carbocycles. The van der Waals surface area contributed by atoms with Gasteiger partial charge in [0.15, 0.2) is 5.11 Å². The molecule has 7 heteroatoms. The number of carbonyl (C=O) groups excluding carboxylic acids is 1. The minimum Gasteiger partial charge on any atom is -0.351 e. The van der Waals surface area contributed by atoms with Crippen LogP contribution in [0.15, 0.2) is 72.9 Å². The van der Waals surface area contributed by atoms with E-state index in [2.05, 4.69) is 77.3 Å². The van der Waals surface area contributed by atoms with Crippen molar-refractivity contribution in [3.05, 3.63) is 107 Å². The smallest absolute Gasteiger partial charge is 0.226 e. The lowest BCUT2D eigenvalue weighted by Crippen LogP contribution is -2.29. The monoisotopic (exact) mass is 537 g/mol. The van der Waals surface area contributed by atoms with Gasteiger partial charge in [-0.15, -0.1) is 0 Å². The van der Waals surface area contributed by atoms with Crippen LogP contribution in [0.1, 0.15) is 59.7 Å². The van der Waals surface area contributed by atoms with Gasteiger partial charge >= 0.3 is 0 Å². The van der Waals surface area contributed by atoms with Crippen LogP contribution in [0, 0.1) is 33.6 Å². The Morgan fingerprint density at radius 3 is 2.44 bits per heavy atom. The van der Waals surface area contributed by atoms with E-state index in [9.17, 15) is 4.79 Å². The Hall–Kier alpha value is -3.97. The lowest BCUT2D eigenvalue weighted by Gasteiger charge is -2.29. The molecule has 3 heterocycles. The van der Waals surface area contributed by atoms with Crippen LogP contribution in [0.3, 0.4) is 0 Å². The van der Waals surface area contributed by atoms with Crippen LogP contribution in [0.2, 0.25) is 0 Å². The lowest BCUT2D eigenvalue weighted by molar-refractivity contribution is -0.118. The molecule has 0 spiro atoms. The highest BCUT2D eigenvalue weighted by molar-refractivity contribution is 7.80. The van der Waals surface area contributed by atoms with Crippen molar-refractivity contribution >= 4 is 34.6 Å². The van der Waals surface area contributed by atoms with Crippen LogP contribution >= 0.6 is 12.2 Å². The zero-order valence-corrected chi connectivity index (χ0v) is 24.1. The number of aromatic nitrogens is 2. The summed E-state index contributed by atoms with van der Waals surface area (Å²) in [4.78, 5) is 19.2. The van der Waals surface area contributed by atoms with Gasteiger partial charge in [-0.2, -0.15) is 0 Å². The molecule has 0 radical (unpaired) electrons. The quantitative estimate of drug-likeness (QED) is 0.263. The van der Waals surface area contributed by atoms with E-state index in [1.165, 1.54) is 11.1 Å². The van der Waals surface area contributed by atoms with Gasteiger partial charge in [-0.1, -0.05) is 32.0 Å². The number of hydrogen-bond donors (Lipinski definition) is 2. The number of pyridine rings is 1. The largest absolute Gasteiger partial charge is 0.351 e. The van der Waals surface area contributed by atoms with Gasteiger partial charge in [0.25, 0.3) is 0 Å². The Bertz CT molecular complexity index is 1540. The standard InChI is InChI=1S/C32H35N5OS/c1-19(2)31(38)34-27-14-13-25(17-21(27)4)37-30(29(35-32(37)39)28-12-7-8-15-33-28)26-18-22(5)36(23(26)6)24-11-9-10-20(3)16-24/h7-19,29-30H,1-6H3,(H,34,38)(H,35,39)/t29-,30-/m0/s1. The molecular weight excluding hydrogens is 502 g/mol. The fraction of sp³-hybridized carbons (Fsp3) is 0.281. The minimum atomic E-state index is -0.134. The van der Waals surface area contributed by atoms with E-state index in [0.29, 0.717) is 5.11 Å². The SMILES string of the molecule is Cc1cccc(-n2c(C)cc([C@H]3[C@H](c4ccccn4)NC(=S)N3c3ccc(NC(=O)C(C)C)c(C)c3)c2C)c1. The summed E-state index contributed by atoms with van der Waals surface area (Å²) in [5.74, 6) is -0.0903. The number of benzene rings is 2. The van der Waals surface area contributed by atoms with Gasteiger partial charge in [0.1, 0.15) is 0 Å². The summed E-state index contributed by atoms with van der Waals surface area (Å²) in [5.41, 5.74) is 9.57. The fourth-order valence-electron chi connectivity index (χ4n) is 5.42. The molecule has 1 amide bonds. The van der Waals surface area contributed by atoms with Crippen molar-refractivity contribution in [2.75, 3.05) is 10.2 Å². The molecule has 0 bridgehead atoms. The predicted molar refractivity (Wildman–Crippen MR) is 163 cm³/mol. The van der Waals surface area contributed by atoms with Gasteiger partial charge in [-0.3, -0.25) is 9.78 Å². The number of amides is 1. The van der Waals surface area contributed by atoms with Crippen molar-refractivity contribution in [1.82, 2.24) is 14.9 Å². The third-order valence-corrected chi connectivity index (χ3v) is 7.73. The molecule has 1 saturated heterocycles. The number of anilines is 2. The Morgan fingerprint density at radius 1 is 0.974 bits per heavy atom. The summed E-state index contributed by atoms with van der Waals surface area (Å²) in [7, 11) is 0. The molecule has 1 aliphatic heterocycles. The molecule has 200 valence electrons. The number of nitrogens with one attached hydrogen (secondary N) is 2. The van der Waals surface area contributed by atoms with Crippen molar-refractivity contribution in [2.45, 2.75) is 53.6 Å². The van der Waals surface area contributed by atoms with E-state index >= 15 is 0 Å². The second-order valence-corrected chi connectivity index (χ2v) is 11.0. The first kappa shape index (κ1) is 26.6. The first-order valence-corrected chi connectivity index (χ1v) is 13.7. The van der Waals surface area contributed by atoms with Crippen LogP contribution in [0.5, 0.6) is 0 Å². The van der Waals surface area contributed by atoms with Crippen molar-refractivity contribution in [3.8, 4) is 5.69 Å². The Labute approximate surface area is 236 Å². The van der Waals surface area contributed by atoms with Gasteiger partial charge in [-0.25, -0.2) is 0 Å². The molecule has 2 N–H and O–H groups in total. The van der Waals surface area contributed by atoms with Gasteiger partial charge in [-0.05, 0) is 105 Å². The van der Waals surface area contributed by atoms with Crippen LogP contribution in [-0.2, 0) is 4.79 Å². The lowest BCUT2D eigenvalue weighted by atomic mass is 9.96. The van der Waals surface area contributed by atoms with E-state index in [0.717, 1.165) is 39.7 Å². The molecule has 4 aromatic rings. The first-order valence-electron chi connectivity index (χ1n) is 13.3. The Morgan fingerprint density at radius 2 is 1.77 bits per heavy atom. The third-order valence-electron chi connectivity index (χ3n) is 7.42. The molecule has 39 heavy (non-hydrogen) atoms. The Kier molecular flexibility index (Phi) is 7.28. The third kappa shape index (κ3) is 5.06. The zero-order valence-electron chi connectivity index (χ0n) is 23.3. The number of hydrogen-bond acceptors (Lipinski definition) is 3. The molecule has 1 fully saturated rings. The van der Waals surface area contributed by atoms with E-state index < -0.39 is 0 Å². The van der Waals surface area contributed by atoms with Crippen molar-refractivity contribution < 1.29 is 4.79 Å². The van der Waals surface area contributed by atoms with E-state index in [1.54, 1.807) is 0 Å². The maximum absolute atomic E-state index is 12.3. The normalized spacial score (nSPS) is 17.0.